The number of aromatic nitrogens is 2. The van der Waals surface area contributed by atoms with Crippen LogP contribution in [0.3, 0.4) is 0 Å². The molecule has 0 spiro atoms. The van der Waals surface area contributed by atoms with Gasteiger partial charge < -0.3 is 9.26 Å². The quantitative estimate of drug-likeness (QED) is 0.609. The minimum absolute atomic E-state index is 0.0529. The molecule has 0 aliphatic rings. The van der Waals surface area contributed by atoms with Gasteiger partial charge in [-0.3, -0.25) is 4.79 Å². The third-order valence-corrected chi connectivity index (χ3v) is 4.27. The lowest BCUT2D eigenvalue weighted by Crippen LogP contribution is -2.07. The summed E-state index contributed by atoms with van der Waals surface area (Å²) in [5.41, 5.74) is 1.02. The molecule has 0 saturated carbocycles. The predicted molar refractivity (Wildman–Crippen MR) is 87.1 cm³/mol. The van der Waals surface area contributed by atoms with Crippen LogP contribution in [-0.2, 0) is 22.6 Å². The van der Waals surface area contributed by atoms with Crippen molar-refractivity contribution < 1.29 is 18.4 Å². The second-order valence-corrected chi connectivity index (χ2v) is 6.07. The van der Waals surface area contributed by atoms with Crippen LogP contribution in [0.25, 0.3) is 11.4 Å². The SMILES string of the molecule is O=C(CCc1nc(-c2ccsc2)no1)OCc1c(F)cccc1Cl. The van der Waals surface area contributed by atoms with Crippen molar-refractivity contribution in [1.82, 2.24) is 10.1 Å². The van der Waals surface area contributed by atoms with E-state index < -0.39 is 11.8 Å². The van der Waals surface area contributed by atoms with Gasteiger partial charge in [0.05, 0.1) is 11.4 Å². The van der Waals surface area contributed by atoms with Crippen LogP contribution in [0.1, 0.15) is 17.9 Å². The standard InChI is InChI=1S/C16H12ClFN2O3S/c17-12-2-1-3-13(18)11(12)8-22-15(21)5-4-14-19-16(20-23-14)10-6-7-24-9-10/h1-3,6-7,9H,4-5,8H2. The minimum atomic E-state index is -0.507. The van der Waals surface area contributed by atoms with Gasteiger partial charge in [0.1, 0.15) is 12.4 Å². The van der Waals surface area contributed by atoms with Crippen LogP contribution < -0.4 is 0 Å². The van der Waals surface area contributed by atoms with Crippen LogP contribution in [0.2, 0.25) is 5.02 Å². The molecule has 0 unspecified atom stereocenters. The van der Waals surface area contributed by atoms with Crippen molar-refractivity contribution in [2.75, 3.05) is 0 Å². The van der Waals surface area contributed by atoms with Crippen LogP contribution in [0.15, 0.2) is 39.5 Å². The largest absolute Gasteiger partial charge is 0.461 e. The summed E-state index contributed by atoms with van der Waals surface area (Å²) in [7, 11) is 0. The number of esters is 1. The maximum Gasteiger partial charge on any atom is 0.306 e. The average Bonchev–Trinajstić information content (AvgIpc) is 3.23. The number of carbonyl (C=O) groups excluding carboxylic acids is 1. The number of ether oxygens (including phenoxy) is 1. The number of hydrogen-bond donors (Lipinski definition) is 0. The maximum absolute atomic E-state index is 13.6. The molecule has 0 aliphatic carbocycles. The van der Waals surface area contributed by atoms with E-state index in [9.17, 15) is 9.18 Å². The molecule has 2 aromatic heterocycles. The summed E-state index contributed by atoms with van der Waals surface area (Å²) < 4.78 is 23.7. The molecule has 2 heterocycles. The fourth-order valence-electron chi connectivity index (χ4n) is 1.97. The third kappa shape index (κ3) is 3.98. The number of thiophene rings is 1. The summed E-state index contributed by atoms with van der Waals surface area (Å²) in [6.45, 7) is -0.214. The van der Waals surface area contributed by atoms with E-state index >= 15 is 0 Å². The van der Waals surface area contributed by atoms with Gasteiger partial charge in [0, 0.05) is 22.9 Å². The van der Waals surface area contributed by atoms with Gasteiger partial charge in [0.15, 0.2) is 0 Å². The molecule has 0 aliphatic heterocycles. The first kappa shape index (κ1) is 16.6. The summed E-state index contributed by atoms with van der Waals surface area (Å²) >= 11 is 7.41. The highest BCUT2D eigenvalue weighted by Gasteiger charge is 2.13. The molecule has 0 bridgehead atoms. The molecule has 1 aromatic carbocycles. The van der Waals surface area contributed by atoms with Gasteiger partial charge in [0.2, 0.25) is 11.7 Å². The Morgan fingerprint density at radius 2 is 2.25 bits per heavy atom. The lowest BCUT2D eigenvalue weighted by molar-refractivity contribution is -0.145. The monoisotopic (exact) mass is 366 g/mol. The summed E-state index contributed by atoms with van der Waals surface area (Å²) in [6.07, 6.45) is 0.304. The Kier molecular flexibility index (Phi) is 5.22. The van der Waals surface area contributed by atoms with E-state index in [1.54, 1.807) is 0 Å². The smallest absolute Gasteiger partial charge is 0.306 e. The number of rotatable bonds is 6. The van der Waals surface area contributed by atoms with Gasteiger partial charge in [0.25, 0.3) is 0 Å². The zero-order valence-corrected chi connectivity index (χ0v) is 13.9. The second-order valence-electron chi connectivity index (χ2n) is 4.88. The first-order valence-electron chi connectivity index (χ1n) is 7.07. The summed E-state index contributed by atoms with van der Waals surface area (Å²) in [6, 6.07) is 6.17. The minimum Gasteiger partial charge on any atom is -0.461 e. The summed E-state index contributed by atoms with van der Waals surface area (Å²) in [5, 5.41) is 7.89. The van der Waals surface area contributed by atoms with E-state index in [2.05, 4.69) is 10.1 Å². The Labute approximate surface area is 146 Å². The van der Waals surface area contributed by atoms with Crippen molar-refractivity contribution in [3.63, 3.8) is 0 Å². The number of hydrogen-bond acceptors (Lipinski definition) is 6. The van der Waals surface area contributed by atoms with Crippen LogP contribution in [0.5, 0.6) is 0 Å². The van der Waals surface area contributed by atoms with Crippen molar-refractivity contribution in [3.8, 4) is 11.4 Å². The Bertz CT molecular complexity index is 815. The molecule has 3 aromatic rings. The highest BCUT2D eigenvalue weighted by Crippen LogP contribution is 2.21. The van der Waals surface area contributed by atoms with Crippen molar-refractivity contribution in [1.29, 1.82) is 0 Å². The Morgan fingerprint density at radius 1 is 1.38 bits per heavy atom. The van der Waals surface area contributed by atoms with Crippen LogP contribution >= 0.6 is 22.9 Å². The molecule has 24 heavy (non-hydrogen) atoms. The van der Waals surface area contributed by atoms with Crippen LogP contribution in [0.4, 0.5) is 4.39 Å². The molecule has 5 nitrogen and oxygen atoms in total. The lowest BCUT2D eigenvalue weighted by atomic mass is 10.2. The van der Waals surface area contributed by atoms with Gasteiger partial charge in [-0.15, -0.1) is 0 Å². The maximum atomic E-state index is 13.6. The van der Waals surface area contributed by atoms with E-state index in [1.165, 1.54) is 29.5 Å². The molecule has 0 amide bonds. The van der Waals surface area contributed by atoms with Crippen LogP contribution in [-0.4, -0.2) is 16.1 Å². The summed E-state index contributed by atoms with van der Waals surface area (Å²) in [4.78, 5) is 16.0. The van der Waals surface area contributed by atoms with Crippen LogP contribution in [0, 0.1) is 5.82 Å². The van der Waals surface area contributed by atoms with Crippen molar-refractivity contribution in [2.45, 2.75) is 19.4 Å². The molecule has 8 heteroatoms. The van der Waals surface area contributed by atoms with E-state index in [-0.39, 0.29) is 30.0 Å². The van der Waals surface area contributed by atoms with Gasteiger partial charge in [-0.05, 0) is 23.6 Å². The Morgan fingerprint density at radius 3 is 3.00 bits per heavy atom. The molecule has 124 valence electrons. The number of halogens is 2. The number of aryl methyl sites for hydroxylation is 1. The molecule has 0 atom stereocenters. The number of benzene rings is 1. The van der Waals surface area contributed by atoms with Gasteiger partial charge >= 0.3 is 5.97 Å². The Hall–Kier alpha value is -2.25. The average molecular weight is 367 g/mol. The van der Waals surface area contributed by atoms with Gasteiger partial charge in [-0.1, -0.05) is 22.8 Å². The fraction of sp³-hybridized carbons (Fsp3) is 0.188. The first-order valence-corrected chi connectivity index (χ1v) is 8.39. The number of carbonyl (C=O) groups is 1. The first-order chi connectivity index (χ1) is 11.6. The Balaban J connectivity index is 1.51. The predicted octanol–water partition coefficient (Wildman–Crippen LogP) is 4.27. The molecular weight excluding hydrogens is 355 g/mol. The lowest BCUT2D eigenvalue weighted by Gasteiger charge is -2.06. The zero-order valence-electron chi connectivity index (χ0n) is 12.4. The van der Waals surface area contributed by atoms with Crippen molar-refractivity contribution in [2.24, 2.45) is 0 Å². The van der Waals surface area contributed by atoms with E-state index in [4.69, 9.17) is 20.9 Å². The van der Waals surface area contributed by atoms with E-state index in [1.807, 2.05) is 16.8 Å². The highest BCUT2D eigenvalue weighted by atomic mass is 35.5. The topological polar surface area (TPSA) is 65.2 Å². The van der Waals surface area contributed by atoms with Gasteiger partial charge in [-0.25, -0.2) is 4.39 Å². The second kappa shape index (κ2) is 7.55. The van der Waals surface area contributed by atoms with E-state index in [0.717, 1.165) is 5.56 Å². The zero-order chi connectivity index (χ0) is 16.9. The van der Waals surface area contributed by atoms with Crippen molar-refractivity contribution >= 4 is 28.9 Å². The number of nitrogens with zero attached hydrogens (tertiary/aromatic N) is 2. The molecule has 0 fully saturated rings. The molecule has 0 radical (unpaired) electrons. The summed E-state index contributed by atoms with van der Waals surface area (Å²) in [5.74, 6) is -0.174. The molecule has 0 N–H and O–H groups in total. The highest BCUT2D eigenvalue weighted by molar-refractivity contribution is 7.08. The van der Waals surface area contributed by atoms with Crippen molar-refractivity contribution in [3.05, 3.63) is 57.3 Å². The molecule has 0 saturated heterocycles. The molecule has 3 rings (SSSR count). The third-order valence-electron chi connectivity index (χ3n) is 3.23. The molecular formula is C16H12ClFN2O3S. The van der Waals surface area contributed by atoms with E-state index in [0.29, 0.717) is 11.7 Å². The van der Waals surface area contributed by atoms with Gasteiger partial charge in [-0.2, -0.15) is 16.3 Å². The normalized spacial score (nSPS) is 10.8. The fourth-order valence-corrected chi connectivity index (χ4v) is 2.82.